The number of sulfonamides is 1. The molecule has 204 valence electrons. The minimum absolute atomic E-state index is 0.000153. The number of benzene rings is 1. The molecule has 4 rings (SSSR count). The van der Waals surface area contributed by atoms with E-state index in [1.807, 2.05) is 20.8 Å². The molecule has 0 aromatic heterocycles. The van der Waals surface area contributed by atoms with E-state index in [4.69, 9.17) is 0 Å². The van der Waals surface area contributed by atoms with Gasteiger partial charge in [-0.05, 0) is 70.7 Å². The van der Waals surface area contributed by atoms with Crippen molar-refractivity contribution in [1.29, 1.82) is 0 Å². The second-order valence-electron chi connectivity index (χ2n) is 11.5. The van der Waals surface area contributed by atoms with Crippen molar-refractivity contribution < 1.29 is 22.8 Å². The summed E-state index contributed by atoms with van der Waals surface area (Å²) in [5.74, 6) is -0.641. The van der Waals surface area contributed by atoms with Crippen LogP contribution in [0.25, 0.3) is 0 Å². The van der Waals surface area contributed by atoms with Crippen molar-refractivity contribution in [3.63, 3.8) is 0 Å². The molecule has 9 nitrogen and oxygen atoms in total. The van der Waals surface area contributed by atoms with E-state index in [2.05, 4.69) is 5.32 Å². The molecule has 1 aromatic carbocycles. The second kappa shape index (κ2) is 11.1. The average Bonchev–Trinajstić information content (AvgIpc) is 3.07. The molecule has 0 bridgehead atoms. The van der Waals surface area contributed by atoms with Crippen molar-refractivity contribution in [3.05, 3.63) is 24.3 Å². The SMILES string of the molecule is CC(C)(C)N1CC(C(=O)N2CCC(C(=O)Nc3ccc(S(=O)(=O)N4CCCCCC4)cc3)CC2)CC1=O. The fourth-order valence-electron chi connectivity index (χ4n) is 5.53. The predicted octanol–water partition coefficient (Wildman–Crippen LogP) is 3.08. The summed E-state index contributed by atoms with van der Waals surface area (Å²) in [4.78, 5) is 42.1. The zero-order valence-electron chi connectivity index (χ0n) is 22.2. The third-order valence-electron chi connectivity index (χ3n) is 7.79. The highest BCUT2D eigenvalue weighted by Gasteiger charge is 2.41. The lowest BCUT2D eigenvalue weighted by Gasteiger charge is -2.34. The summed E-state index contributed by atoms with van der Waals surface area (Å²) in [7, 11) is -3.53. The number of piperidine rings is 1. The zero-order chi connectivity index (χ0) is 26.8. The molecule has 0 spiro atoms. The number of likely N-dealkylation sites (tertiary alicyclic amines) is 2. The molecule has 3 fully saturated rings. The van der Waals surface area contributed by atoms with E-state index in [0.29, 0.717) is 51.3 Å². The van der Waals surface area contributed by atoms with Crippen molar-refractivity contribution in [1.82, 2.24) is 14.1 Å². The maximum Gasteiger partial charge on any atom is 0.243 e. The molecular weight excluding hydrogens is 492 g/mol. The Morgan fingerprint density at radius 3 is 2.03 bits per heavy atom. The Hall–Kier alpha value is -2.46. The maximum atomic E-state index is 13.0. The molecule has 3 heterocycles. The second-order valence-corrected chi connectivity index (χ2v) is 13.4. The van der Waals surface area contributed by atoms with Crippen LogP contribution in [0, 0.1) is 11.8 Å². The molecule has 0 saturated carbocycles. The molecule has 3 aliphatic rings. The van der Waals surface area contributed by atoms with Crippen LogP contribution in [-0.4, -0.2) is 78.5 Å². The number of carbonyl (C=O) groups excluding carboxylic acids is 3. The molecular formula is C27H40N4O5S. The number of nitrogens with zero attached hydrogens (tertiary/aromatic N) is 3. The van der Waals surface area contributed by atoms with E-state index >= 15 is 0 Å². The molecule has 1 aromatic rings. The maximum absolute atomic E-state index is 13.0. The van der Waals surface area contributed by atoms with Crippen molar-refractivity contribution in [2.45, 2.75) is 76.2 Å². The summed E-state index contributed by atoms with van der Waals surface area (Å²) in [5, 5.41) is 2.91. The van der Waals surface area contributed by atoms with Crippen LogP contribution in [-0.2, 0) is 24.4 Å². The van der Waals surface area contributed by atoms with Gasteiger partial charge >= 0.3 is 0 Å². The third-order valence-corrected chi connectivity index (χ3v) is 9.70. The van der Waals surface area contributed by atoms with Crippen LogP contribution in [0.2, 0.25) is 0 Å². The Bertz CT molecular complexity index is 1100. The Morgan fingerprint density at radius 1 is 0.892 bits per heavy atom. The molecule has 1 atom stereocenters. The van der Waals surface area contributed by atoms with Crippen LogP contribution in [0.15, 0.2) is 29.2 Å². The van der Waals surface area contributed by atoms with E-state index in [9.17, 15) is 22.8 Å². The normalized spacial score (nSPS) is 22.7. The largest absolute Gasteiger partial charge is 0.342 e. The van der Waals surface area contributed by atoms with Gasteiger partial charge in [-0.15, -0.1) is 0 Å². The number of carbonyl (C=O) groups is 3. The highest BCUT2D eigenvalue weighted by atomic mass is 32.2. The number of hydrogen-bond acceptors (Lipinski definition) is 5. The Labute approximate surface area is 220 Å². The van der Waals surface area contributed by atoms with Gasteiger partial charge < -0.3 is 15.1 Å². The van der Waals surface area contributed by atoms with Crippen LogP contribution >= 0.6 is 0 Å². The summed E-state index contributed by atoms with van der Waals surface area (Å²) < 4.78 is 27.5. The van der Waals surface area contributed by atoms with Gasteiger partial charge in [-0.1, -0.05) is 12.8 Å². The fourth-order valence-corrected chi connectivity index (χ4v) is 7.04. The lowest BCUT2D eigenvalue weighted by Crippen LogP contribution is -2.46. The van der Waals surface area contributed by atoms with Crippen molar-refractivity contribution in [2.24, 2.45) is 11.8 Å². The van der Waals surface area contributed by atoms with E-state index in [-0.39, 0.29) is 46.4 Å². The summed E-state index contributed by atoms with van der Waals surface area (Å²) >= 11 is 0. The van der Waals surface area contributed by atoms with Crippen molar-refractivity contribution >= 4 is 33.4 Å². The number of hydrogen-bond donors (Lipinski definition) is 1. The molecule has 0 radical (unpaired) electrons. The van der Waals surface area contributed by atoms with E-state index in [1.54, 1.807) is 38.4 Å². The lowest BCUT2D eigenvalue weighted by atomic mass is 9.94. The van der Waals surface area contributed by atoms with Gasteiger partial charge in [0.1, 0.15) is 0 Å². The third kappa shape index (κ3) is 6.34. The van der Waals surface area contributed by atoms with Gasteiger partial charge in [0.25, 0.3) is 0 Å². The summed E-state index contributed by atoms with van der Waals surface area (Å²) in [6.45, 7) is 8.46. The van der Waals surface area contributed by atoms with Crippen LogP contribution in [0.3, 0.4) is 0 Å². The highest BCUT2D eigenvalue weighted by Crippen LogP contribution is 2.29. The fraction of sp³-hybridized carbons (Fsp3) is 0.667. The monoisotopic (exact) mass is 532 g/mol. The molecule has 3 amide bonds. The molecule has 1 unspecified atom stereocenters. The van der Waals surface area contributed by atoms with E-state index < -0.39 is 10.0 Å². The van der Waals surface area contributed by atoms with Gasteiger partial charge in [-0.25, -0.2) is 8.42 Å². The summed E-state index contributed by atoms with van der Waals surface area (Å²) in [6.07, 6.45) is 5.24. The summed E-state index contributed by atoms with van der Waals surface area (Å²) in [5.41, 5.74) is 0.261. The number of nitrogens with one attached hydrogen (secondary N) is 1. The van der Waals surface area contributed by atoms with Gasteiger partial charge in [0, 0.05) is 56.3 Å². The smallest absolute Gasteiger partial charge is 0.243 e. The number of rotatable bonds is 5. The molecule has 37 heavy (non-hydrogen) atoms. The first-order chi connectivity index (χ1) is 17.5. The van der Waals surface area contributed by atoms with Crippen LogP contribution in [0.5, 0.6) is 0 Å². The molecule has 3 saturated heterocycles. The topological polar surface area (TPSA) is 107 Å². The minimum Gasteiger partial charge on any atom is -0.342 e. The average molecular weight is 533 g/mol. The van der Waals surface area contributed by atoms with Gasteiger partial charge in [0.2, 0.25) is 27.7 Å². The summed E-state index contributed by atoms with van der Waals surface area (Å²) in [6, 6.07) is 6.39. The van der Waals surface area contributed by atoms with Gasteiger partial charge in [0.15, 0.2) is 0 Å². The first-order valence-electron chi connectivity index (χ1n) is 13.5. The van der Waals surface area contributed by atoms with E-state index in [0.717, 1.165) is 25.7 Å². The number of amides is 3. The quantitative estimate of drug-likeness (QED) is 0.627. The lowest BCUT2D eigenvalue weighted by molar-refractivity contribution is -0.138. The van der Waals surface area contributed by atoms with Gasteiger partial charge in [0.05, 0.1) is 10.8 Å². The van der Waals surface area contributed by atoms with Gasteiger partial charge in [-0.2, -0.15) is 4.31 Å². The van der Waals surface area contributed by atoms with E-state index in [1.165, 1.54) is 0 Å². The minimum atomic E-state index is -3.53. The van der Waals surface area contributed by atoms with Crippen molar-refractivity contribution in [3.8, 4) is 0 Å². The van der Waals surface area contributed by atoms with Crippen LogP contribution in [0.4, 0.5) is 5.69 Å². The Kier molecular flexibility index (Phi) is 8.28. The Balaban J connectivity index is 1.28. The first kappa shape index (κ1) is 27.6. The number of anilines is 1. The van der Waals surface area contributed by atoms with Crippen molar-refractivity contribution in [2.75, 3.05) is 38.0 Å². The molecule has 1 N–H and O–H groups in total. The Morgan fingerprint density at radius 2 is 1.49 bits per heavy atom. The first-order valence-corrected chi connectivity index (χ1v) is 14.9. The molecule has 10 heteroatoms. The van der Waals surface area contributed by atoms with Crippen LogP contribution < -0.4 is 5.32 Å². The highest BCUT2D eigenvalue weighted by molar-refractivity contribution is 7.89. The van der Waals surface area contributed by atoms with Gasteiger partial charge in [-0.3, -0.25) is 14.4 Å². The molecule has 3 aliphatic heterocycles. The van der Waals surface area contributed by atoms with Crippen LogP contribution in [0.1, 0.15) is 65.7 Å². The standard InChI is InChI=1S/C27H40N4O5S/c1-27(2,3)31-19-21(18-24(31)32)26(34)29-16-12-20(13-17-29)25(33)28-22-8-10-23(11-9-22)37(35,36)30-14-6-4-5-7-15-30/h8-11,20-21H,4-7,12-19H2,1-3H3,(H,28,33). The predicted molar refractivity (Wildman–Crippen MR) is 141 cm³/mol. The molecule has 0 aliphatic carbocycles. The zero-order valence-corrected chi connectivity index (χ0v) is 23.1.